The molecule has 1 saturated heterocycles. The number of hydrogen-bond acceptors (Lipinski definition) is 7. The van der Waals surface area contributed by atoms with Gasteiger partial charge in [-0.2, -0.15) is 13.2 Å². The number of hydroxylamine groups is 1. The van der Waals surface area contributed by atoms with Gasteiger partial charge >= 0.3 is 12.3 Å². The molecule has 0 spiro atoms. The molecule has 2 amide bonds. The number of nitrogens with one attached hydrogen (secondary N) is 2. The number of ether oxygens (including phenoxy) is 1. The number of hydrogen-bond donors (Lipinski definition) is 2. The molecule has 0 unspecified atom stereocenters. The van der Waals surface area contributed by atoms with Crippen LogP contribution >= 0.6 is 11.3 Å². The first-order valence-corrected chi connectivity index (χ1v) is 11.2. The van der Waals surface area contributed by atoms with E-state index in [0.29, 0.717) is 38.4 Å². The zero-order chi connectivity index (χ0) is 22.9. The number of piperidine rings is 1. The molecule has 32 heavy (non-hydrogen) atoms. The van der Waals surface area contributed by atoms with E-state index < -0.39 is 23.7 Å². The van der Waals surface area contributed by atoms with Crippen molar-refractivity contribution in [1.82, 2.24) is 15.8 Å². The predicted octanol–water partition coefficient (Wildman–Crippen LogP) is 3.71. The van der Waals surface area contributed by atoms with Gasteiger partial charge in [-0.15, -0.1) is 11.3 Å². The maximum atomic E-state index is 13.7. The minimum atomic E-state index is -4.60. The van der Waals surface area contributed by atoms with E-state index in [0.717, 1.165) is 30.2 Å². The molecule has 2 aromatic heterocycles. The lowest BCUT2D eigenvalue weighted by Gasteiger charge is -2.32. The molecular weight excluding hydrogens is 449 g/mol. The van der Waals surface area contributed by atoms with E-state index in [2.05, 4.69) is 20.6 Å². The number of thiophene rings is 1. The summed E-state index contributed by atoms with van der Waals surface area (Å²) in [7, 11) is 1.24. The average molecular weight is 472 g/mol. The number of alkyl carbamates (subject to hydrolysis) is 1. The summed E-state index contributed by atoms with van der Waals surface area (Å²) in [6.45, 7) is 1.36. The van der Waals surface area contributed by atoms with Crippen LogP contribution in [0.5, 0.6) is 0 Å². The number of halogens is 3. The zero-order valence-electron chi connectivity index (χ0n) is 17.3. The molecule has 2 aliphatic rings. The standard InChI is InChI=1S/C20H23F3N4O4S/c1-30-26-18(28)13-10-32-17-14(20(21,22)23)8-15(25-16(13)17)27-6-4-12(5-7-27)31-19(29)24-9-11-2-3-11/h8,10-12H,2-7,9H2,1H3,(H,24,29)(H,26,28). The molecule has 4 rings (SSSR count). The topological polar surface area (TPSA) is 92.8 Å². The summed E-state index contributed by atoms with van der Waals surface area (Å²) in [5.74, 6) is 0.00773. The molecule has 1 aliphatic heterocycles. The maximum absolute atomic E-state index is 13.7. The van der Waals surface area contributed by atoms with Crippen molar-refractivity contribution < 1.29 is 32.3 Å². The van der Waals surface area contributed by atoms with Crippen LogP contribution in [0.2, 0.25) is 0 Å². The number of amides is 2. The number of alkyl halides is 3. The number of fused-ring (bicyclic) bond motifs is 1. The Morgan fingerprint density at radius 2 is 1.97 bits per heavy atom. The van der Waals surface area contributed by atoms with Gasteiger partial charge in [-0.3, -0.25) is 9.63 Å². The number of nitrogens with zero attached hydrogens (tertiary/aromatic N) is 2. The summed E-state index contributed by atoms with van der Waals surface area (Å²) in [5, 5.41) is 4.08. The van der Waals surface area contributed by atoms with E-state index in [1.54, 1.807) is 4.90 Å². The zero-order valence-corrected chi connectivity index (χ0v) is 18.1. The fourth-order valence-electron chi connectivity index (χ4n) is 3.62. The third kappa shape index (κ3) is 5.07. The summed E-state index contributed by atoms with van der Waals surface area (Å²) in [4.78, 5) is 34.8. The molecule has 2 N–H and O–H groups in total. The Bertz CT molecular complexity index is 1000. The van der Waals surface area contributed by atoms with Gasteiger partial charge in [0.2, 0.25) is 0 Å². The molecule has 2 aromatic rings. The van der Waals surface area contributed by atoms with Gasteiger partial charge in [0.05, 0.1) is 28.5 Å². The van der Waals surface area contributed by atoms with Gasteiger partial charge in [-0.1, -0.05) is 0 Å². The lowest BCUT2D eigenvalue weighted by molar-refractivity contribution is -0.136. The second kappa shape index (κ2) is 9.10. The van der Waals surface area contributed by atoms with E-state index in [4.69, 9.17) is 4.74 Å². The van der Waals surface area contributed by atoms with Crippen molar-refractivity contribution in [2.75, 3.05) is 31.6 Å². The van der Waals surface area contributed by atoms with Crippen LogP contribution in [0.25, 0.3) is 10.2 Å². The molecule has 0 aromatic carbocycles. The highest BCUT2D eigenvalue weighted by atomic mass is 32.1. The highest BCUT2D eigenvalue weighted by Gasteiger charge is 2.36. The molecule has 1 aliphatic carbocycles. The van der Waals surface area contributed by atoms with Crippen molar-refractivity contribution in [3.05, 3.63) is 22.6 Å². The number of aromatic nitrogens is 1. The first-order chi connectivity index (χ1) is 15.3. The van der Waals surface area contributed by atoms with Gasteiger partial charge in [-0.05, 0) is 24.8 Å². The molecule has 3 heterocycles. The highest BCUT2D eigenvalue weighted by Crippen LogP contribution is 2.40. The predicted molar refractivity (Wildman–Crippen MR) is 112 cm³/mol. The molecule has 174 valence electrons. The minimum absolute atomic E-state index is 0.0183. The molecule has 0 bridgehead atoms. The van der Waals surface area contributed by atoms with Gasteiger partial charge in [-0.25, -0.2) is 15.3 Å². The Hall–Kier alpha value is -2.60. The van der Waals surface area contributed by atoms with Gasteiger partial charge < -0.3 is 15.0 Å². The van der Waals surface area contributed by atoms with Crippen molar-refractivity contribution in [3.8, 4) is 0 Å². The third-order valence-corrected chi connectivity index (χ3v) is 6.53. The van der Waals surface area contributed by atoms with Crippen molar-refractivity contribution >= 4 is 39.4 Å². The maximum Gasteiger partial charge on any atom is 0.417 e. The third-order valence-electron chi connectivity index (χ3n) is 5.53. The summed E-state index contributed by atoms with van der Waals surface area (Å²) in [6.07, 6.45) is -2.18. The molecule has 0 atom stereocenters. The fourth-order valence-corrected chi connectivity index (χ4v) is 4.65. The average Bonchev–Trinajstić information content (AvgIpc) is 3.48. The van der Waals surface area contributed by atoms with E-state index in [1.807, 2.05) is 0 Å². The molecular formula is C20H23F3N4O4S. The summed E-state index contributed by atoms with van der Waals surface area (Å²) in [5.41, 5.74) is 1.28. The van der Waals surface area contributed by atoms with Crippen molar-refractivity contribution in [2.45, 2.75) is 38.0 Å². The van der Waals surface area contributed by atoms with E-state index in [1.165, 1.54) is 12.5 Å². The van der Waals surface area contributed by atoms with Crippen LogP contribution in [0.15, 0.2) is 11.4 Å². The van der Waals surface area contributed by atoms with E-state index >= 15 is 0 Å². The van der Waals surface area contributed by atoms with Crippen LogP contribution in [-0.4, -0.2) is 49.8 Å². The molecule has 8 nitrogen and oxygen atoms in total. The first-order valence-electron chi connectivity index (χ1n) is 10.3. The Morgan fingerprint density at radius 3 is 2.59 bits per heavy atom. The van der Waals surface area contributed by atoms with Crippen molar-refractivity contribution in [3.63, 3.8) is 0 Å². The normalized spacial score (nSPS) is 17.4. The van der Waals surface area contributed by atoms with Crippen LogP contribution in [0.4, 0.5) is 23.8 Å². The van der Waals surface area contributed by atoms with Gasteiger partial charge in [0, 0.05) is 37.9 Å². The second-order valence-electron chi connectivity index (χ2n) is 7.90. The summed E-state index contributed by atoms with van der Waals surface area (Å²) >= 11 is 0.813. The van der Waals surface area contributed by atoms with Crippen LogP contribution < -0.4 is 15.7 Å². The number of carbonyl (C=O) groups excluding carboxylic acids is 2. The van der Waals surface area contributed by atoms with Crippen LogP contribution in [0.1, 0.15) is 41.6 Å². The number of pyridine rings is 1. The van der Waals surface area contributed by atoms with Gasteiger partial charge in [0.25, 0.3) is 5.91 Å². The minimum Gasteiger partial charge on any atom is -0.446 e. The summed E-state index contributed by atoms with van der Waals surface area (Å²) < 4.78 is 46.5. The van der Waals surface area contributed by atoms with Crippen molar-refractivity contribution in [2.24, 2.45) is 5.92 Å². The largest absolute Gasteiger partial charge is 0.446 e. The van der Waals surface area contributed by atoms with E-state index in [9.17, 15) is 22.8 Å². The Labute approximate surface area is 186 Å². The quantitative estimate of drug-likeness (QED) is 0.623. The molecule has 0 radical (unpaired) electrons. The fraction of sp³-hybridized carbons (Fsp3) is 0.550. The Morgan fingerprint density at radius 1 is 1.25 bits per heavy atom. The Balaban J connectivity index is 1.50. The lowest BCUT2D eigenvalue weighted by atomic mass is 10.1. The highest BCUT2D eigenvalue weighted by molar-refractivity contribution is 7.17. The van der Waals surface area contributed by atoms with Crippen LogP contribution in [0, 0.1) is 5.92 Å². The molecule has 12 heteroatoms. The van der Waals surface area contributed by atoms with E-state index in [-0.39, 0.29) is 27.7 Å². The Kier molecular flexibility index (Phi) is 6.42. The van der Waals surface area contributed by atoms with Gasteiger partial charge in [0.1, 0.15) is 11.9 Å². The SMILES string of the molecule is CONC(=O)c1csc2c(C(F)(F)F)cc(N3CCC(OC(=O)NCC4CC4)CC3)nc12. The molecule has 2 fully saturated rings. The van der Waals surface area contributed by atoms with Crippen LogP contribution in [-0.2, 0) is 15.8 Å². The number of carbonyl (C=O) groups is 2. The van der Waals surface area contributed by atoms with Crippen LogP contribution in [0.3, 0.4) is 0 Å². The summed E-state index contributed by atoms with van der Waals surface area (Å²) in [6, 6.07) is 1.01. The lowest BCUT2D eigenvalue weighted by Crippen LogP contribution is -2.40. The van der Waals surface area contributed by atoms with Crippen molar-refractivity contribution in [1.29, 1.82) is 0 Å². The smallest absolute Gasteiger partial charge is 0.417 e. The number of anilines is 1. The molecule has 1 saturated carbocycles. The first kappa shape index (κ1) is 22.6. The van der Waals surface area contributed by atoms with Gasteiger partial charge in [0.15, 0.2) is 0 Å². The second-order valence-corrected chi connectivity index (χ2v) is 8.78. The monoisotopic (exact) mass is 472 g/mol. The number of rotatable bonds is 6.